The fraction of sp³-hybridized carbons (Fsp3) is 0.429. The summed E-state index contributed by atoms with van der Waals surface area (Å²) >= 11 is 0. The van der Waals surface area contributed by atoms with Gasteiger partial charge in [-0.2, -0.15) is 4.98 Å². The Morgan fingerprint density at radius 3 is 2.57 bits per heavy atom. The zero-order chi connectivity index (χ0) is 19.7. The molecule has 1 fully saturated rings. The van der Waals surface area contributed by atoms with Crippen molar-refractivity contribution in [3.8, 4) is 0 Å². The minimum absolute atomic E-state index is 0.00178. The Balaban J connectivity index is 1.39. The van der Waals surface area contributed by atoms with Gasteiger partial charge in [0.15, 0.2) is 0 Å². The van der Waals surface area contributed by atoms with Crippen LogP contribution in [0.25, 0.3) is 11.1 Å². The van der Waals surface area contributed by atoms with E-state index in [1.165, 1.54) is 11.9 Å². The van der Waals surface area contributed by atoms with Gasteiger partial charge in [0.1, 0.15) is 17.5 Å². The van der Waals surface area contributed by atoms with Crippen LogP contribution >= 0.6 is 0 Å². The van der Waals surface area contributed by atoms with Gasteiger partial charge < -0.3 is 14.7 Å². The molecule has 4 rings (SSSR count). The van der Waals surface area contributed by atoms with E-state index in [1.54, 1.807) is 0 Å². The molecular formula is C21H25N5O2. The maximum Gasteiger partial charge on any atom is 0.263 e. The first-order chi connectivity index (χ1) is 13.5. The Morgan fingerprint density at radius 1 is 1.18 bits per heavy atom. The third-order valence-electron chi connectivity index (χ3n) is 5.43. The number of carbonyl (C=O) groups is 1. The van der Waals surface area contributed by atoms with E-state index in [4.69, 9.17) is 4.52 Å². The number of aromatic nitrogens is 3. The summed E-state index contributed by atoms with van der Waals surface area (Å²) in [4.78, 5) is 23.4. The van der Waals surface area contributed by atoms with Gasteiger partial charge in [0.25, 0.3) is 5.71 Å². The highest BCUT2D eigenvalue weighted by atomic mass is 16.5. The van der Waals surface area contributed by atoms with Crippen LogP contribution in [0.3, 0.4) is 0 Å². The highest BCUT2D eigenvalue weighted by Crippen LogP contribution is 2.29. The van der Waals surface area contributed by atoms with E-state index in [0.717, 1.165) is 48.5 Å². The van der Waals surface area contributed by atoms with Crippen molar-refractivity contribution in [1.29, 1.82) is 0 Å². The Kier molecular flexibility index (Phi) is 4.98. The van der Waals surface area contributed by atoms with Crippen LogP contribution in [-0.2, 0) is 4.79 Å². The van der Waals surface area contributed by atoms with E-state index >= 15 is 0 Å². The lowest BCUT2D eigenvalue weighted by Crippen LogP contribution is -2.38. The van der Waals surface area contributed by atoms with E-state index in [-0.39, 0.29) is 11.8 Å². The third-order valence-corrected chi connectivity index (χ3v) is 5.43. The fourth-order valence-electron chi connectivity index (χ4n) is 3.69. The monoisotopic (exact) mass is 379 g/mol. The molecule has 0 unspecified atom stereocenters. The Morgan fingerprint density at radius 2 is 1.89 bits per heavy atom. The summed E-state index contributed by atoms with van der Waals surface area (Å²) in [7, 11) is 0. The van der Waals surface area contributed by atoms with Crippen LogP contribution in [-0.4, -0.2) is 34.1 Å². The number of amides is 1. The van der Waals surface area contributed by atoms with Crippen LogP contribution in [0.1, 0.15) is 43.9 Å². The Hall–Kier alpha value is -2.96. The number of nitrogens with one attached hydrogen (secondary N) is 1. The van der Waals surface area contributed by atoms with Crippen molar-refractivity contribution in [1.82, 2.24) is 15.1 Å². The van der Waals surface area contributed by atoms with Gasteiger partial charge >= 0.3 is 0 Å². The number of carbonyl (C=O) groups excluding carboxylic acids is 1. The predicted octanol–water partition coefficient (Wildman–Crippen LogP) is 3.90. The molecule has 1 aromatic carbocycles. The summed E-state index contributed by atoms with van der Waals surface area (Å²) in [6.07, 6.45) is 3.07. The van der Waals surface area contributed by atoms with Crippen LogP contribution in [0.15, 0.2) is 35.1 Å². The molecule has 1 saturated heterocycles. The topological polar surface area (TPSA) is 84.2 Å². The van der Waals surface area contributed by atoms with E-state index < -0.39 is 0 Å². The number of fused-ring (bicyclic) bond motifs is 1. The Labute approximate surface area is 164 Å². The summed E-state index contributed by atoms with van der Waals surface area (Å²) in [6.45, 7) is 7.74. The number of piperidine rings is 1. The second-order valence-corrected chi connectivity index (χ2v) is 7.67. The van der Waals surface area contributed by atoms with Crippen LogP contribution < -0.4 is 10.2 Å². The van der Waals surface area contributed by atoms with E-state index in [0.29, 0.717) is 11.6 Å². The van der Waals surface area contributed by atoms with Gasteiger partial charge in [-0.15, -0.1) is 0 Å². The van der Waals surface area contributed by atoms with Gasteiger partial charge in [-0.05, 0) is 43.4 Å². The SMILES string of the molecule is Cc1noc2ncnc(N3CCC(C(=O)Nc4ccc(C(C)C)cc4)CC3)c12. The van der Waals surface area contributed by atoms with Gasteiger partial charge in [-0.3, -0.25) is 4.79 Å². The summed E-state index contributed by atoms with van der Waals surface area (Å²) < 4.78 is 5.24. The maximum atomic E-state index is 12.7. The molecule has 3 heterocycles. The average molecular weight is 379 g/mol. The summed E-state index contributed by atoms with van der Waals surface area (Å²) in [6, 6.07) is 8.11. The molecule has 3 aromatic rings. The van der Waals surface area contributed by atoms with Crippen molar-refractivity contribution < 1.29 is 9.32 Å². The van der Waals surface area contributed by atoms with Crippen molar-refractivity contribution in [2.24, 2.45) is 5.92 Å². The van der Waals surface area contributed by atoms with Gasteiger partial charge in [0.2, 0.25) is 5.91 Å². The number of hydrogen-bond acceptors (Lipinski definition) is 6. The number of aryl methyl sites for hydroxylation is 1. The van der Waals surface area contributed by atoms with Crippen LogP contribution in [0.4, 0.5) is 11.5 Å². The highest BCUT2D eigenvalue weighted by Gasteiger charge is 2.27. The normalized spacial score (nSPS) is 15.4. The second kappa shape index (κ2) is 7.58. The van der Waals surface area contributed by atoms with E-state index in [2.05, 4.69) is 51.3 Å². The summed E-state index contributed by atoms with van der Waals surface area (Å²) in [5.74, 6) is 1.41. The first-order valence-corrected chi connectivity index (χ1v) is 9.75. The molecule has 1 aliphatic heterocycles. The largest absolute Gasteiger partial charge is 0.356 e. The van der Waals surface area contributed by atoms with Crippen molar-refractivity contribution in [3.63, 3.8) is 0 Å². The molecule has 1 N–H and O–H groups in total. The molecule has 146 valence electrons. The molecule has 0 saturated carbocycles. The van der Waals surface area contributed by atoms with Crippen molar-refractivity contribution >= 4 is 28.5 Å². The van der Waals surface area contributed by atoms with Gasteiger partial charge in [-0.25, -0.2) is 4.98 Å². The van der Waals surface area contributed by atoms with Crippen LogP contribution in [0, 0.1) is 12.8 Å². The number of hydrogen-bond donors (Lipinski definition) is 1. The molecule has 28 heavy (non-hydrogen) atoms. The van der Waals surface area contributed by atoms with Crippen LogP contribution in [0.2, 0.25) is 0 Å². The van der Waals surface area contributed by atoms with E-state index in [1.807, 2.05) is 19.1 Å². The smallest absolute Gasteiger partial charge is 0.263 e. The summed E-state index contributed by atoms with van der Waals surface area (Å²) in [5, 5.41) is 7.91. The highest BCUT2D eigenvalue weighted by molar-refractivity contribution is 5.93. The lowest BCUT2D eigenvalue weighted by molar-refractivity contribution is -0.120. The average Bonchev–Trinajstić information content (AvgIpc) is 3.10. The molecule has 2 aromatic heterocycles. The maximum absolute atomic E-state index is 12.7. The zero-order valence-corrected chi connectivity index (χ0v) is 16.5. The van der Waals surface area contributed by atoms with Crippen LogP contribution in [0.5, 0.6) is 0 Å². The third kappa shape index (κ3) is 3.56. The van der Waals surface area contributed by atoms with Gasteiger partial charge in [0.05, 0.1) is 5.69 Å². The number of nitrogens with zero attached hydrogens (tertiary/aromatic N) is 4. The molecule has 0 bridgehead atoms. The minimum Gasteiger partial charge on any atom is -0.356 e. The van der Waals surface area contributed by atoms with Crippen molar-refractivity contribution in [2.75, 3.05) is 23.3 Å². The molecule has 1 aliphatic rings. The molecule has 1 amide bonds. The first-order valence-electron chi connectivity index (χ1n) is 9.75. The standard InChI is InChI=1S/C21H25N5O2/c1-13(2)15-4-6-17(7-5-15)24-20(27)16-8-10-26(11-9-16)19-18-14(3)25-28-21(18)23-12-22-19/h4-7,12-13,16H,8-11H2,1-3H3,(H,24,27). The lowest BCUT2D eigenvalue weighted by atomic mass is 9.95. The van der Waals surface area contributed by atoms with Crippen molar-refractivity contribution in [3.05, 3.63) is 41.9 Å². The predicted molar refractivity (Wildman–Crippen MR) is 108 cm³/mol. The fourth-order valence-corrected chi connectivity index (χ4v) is 3.69. The van der Waals surface area contributed by atoms with Gasteiger partial charge in [0, 0.05) is 24.7 Å². The summed E-state index contributed by atoms with van der Waals surface area (Å²) in [5.41, 5.74) is 3.42. The first kappa shape index (κ1) is 18.4. The molecule has 0 spiro atoms. The molecule has 0 aliphatic carbocycles. The lowest BCUT2D eigenvalue weighted by Gasteiger charge is -2.32. The molecule has 7 heteroatoms. The number of rotatable bonds is 4. The molecule has 0 atom stereocenters. The quantitative estimate of drug-likeness (QED) is 0.740. The Bertz CT molecular complexity index is 972. The molecule has 0 radical (unpaired) electrons. The number of anilines is 2. The number of benzene rings is 1. The van der Waals surface area contributed by atoms with Gasteiger partial charge in [-0.1, -0.05) is 31.1 Å². The second-order valence-electron chi connectivity index (χ2n) is 7.67. The zero-order valence-electron chi connectivity index (χ0n) is 16.5. The molecular weight excluding hydrogens is 354 g/mol. The molecule has 7 nitrogen and oxygen atoms in total. The minimum atomic E-state index is 0.00178. The van der Waals surface area contributed by atoms with E-state index in [9.17, 15) is 4.79 Å². The van der Waals surface area contributed by atoms with Crippen molar-refractivity contribution in [2.45, 2.75) is 39.5 Å².